The number of hydrogen-bond acceptors (Lipinski definition) is 5. The van der Waals surface area contributed by atoms with Crippen LogP contribution >= 0.6 is 11.6 Å². The average molecular weight is 453 g/mol. The number of nitrogens with one attached hydrogen (secondary N) is 2. The van der Waals surface area contributed by atoms with Crippen LogP contribution in [0.2, 0.25) is 5.02 Å². The lowest BCUT2D eigenvalue weighted by Crippen LogP contribution is -2.23. The minimum absolute atomic E-state index is 0.152. The maximum Gasteiger partial charge on any atom is 0.308 e. The summed E-state index contributed by atoms with van der Waals surface area (Å²) in [7, 11) is 0. The number of esters is 1. The van der Waals surface area contributed by atoms with Crippen molar-refractivity contribution in [3.8, 4) is 11.5 Å². The minimum Gasteiger partial charge on any atom is -0.484 e. The number of carbonyl (C=O) groups excluding carboxylic acids is 3. The van der Waals surface area contributed by atoms with E-state index in [-0.39, 0.29) is 25.0 Å². The molecule has 0 heterocycles. The van der Waals surface area contributed by atoms with Crippen molar-refractivity contribution in [2.45, 2.75) is 13.5 Å². The van der Waals surface area contributed by atoms with Gasteiger partial charge in [-0.05, 0) is 60.2 Å². The first-order valence-corrected chi connectivity index (χ1v) is 10.1. The van der Waals surface area contributed by atoms with Gasteiger partial charge in [-0.1, -0.05) is 29.8 Å². The van der Waals surface area contributed by atoms with Gasteiger partial charge in [-0.15, -0.1) is 0 Å². The Hall–Kier alpha value is -3.84. The zero-order valence-electron chi connectivity index (χ0n) is 17.3. The highest BCUT2D eigenvalue weighted by Gasteiger charge is 2.09. The molecule has 0 aliphatic carbocycles. The number of benzene rings is 3. The second-order valence-corrected chi connectivity index (χ2v) is 7.23. The van der Waals surface area contributed by atoms with E-state index < -0.39 is 5.97 Å². The number of ether oxygens (including phenoxy) is 2. The van der Waals surface area contributed by atoms with Gasteiger partial charge in [-0.2, -0.15) is 0 Å². The molecular weight excluding hydrogens is 432 g/mol. The second-order valence-electron chi connectivity index (χ2n) is 6.80. The van der Waals surface area contributed by atoms with Crippen LogP contribution in [-0.4, -0.2) is 24.4 Å². The molecule has 32 heavy (non-hydrogen) atoms. The topological polar surface area (TPSA) is 93.7 Å². The van der Waals surface area contributed by atoms with Crippen LogP contribution in [0.15, 0.2) is 72.8 Å². The lowest BCUT2D eigenvalue weighted by atomic mass is 10.1. The van der Waals surface area contributed by atoms with Crippen LogP contribution in [0, 0.1) is 0 Å². The van der Waals surface area contributed by atoms with Crippen LogP contribution in [0.1, 0.15) is 22.8 Å². The fraction of sp³-hybridized carbons (Fsp3) is 0.125. The summed E-state index contributed by atoms with van der Waals surface area (Å²) in [6.45, 7) is 1.39. The molecular formula is C24H21ClN2O5. The fourth-order valence-electron chi connectivity index (χ4n) is 2.79. The Bertz CT molecular complexity index is 1120. The lowest BCUT2D eigenvalue weighted by Gasteiger charge is -2.10. The van der Waals surface area contributed by atoms with Gasteiger partial charge in [0, 0.05) is 29.7 Å². The van der Waals surface area contributed by atoms with Gasteiger partial charge in [0.05, 0.1) is 0 Å². The average Bonchev–Trinajstić information content (AvgIpc) is 2.77. The van der Waals surface area contributed by atoms with E-state index in [2.05, 4.69) is 10.6 Å². The van der Waals surface area contributed by atoms with Gasteiger partial charge >= 0.3 is 5.97 Å². The Labute approximate surface area is 190 Å². The van der Waals surface area contributed by atoms with E-state index in [1.165, 1.54) is 13.0 Å². The highest BCUT2D eigenvalue weighted by Crippen LogP contribution is 2.16. The Morgan fingerprint density at radius 3 is 2.41 bits per heavy atom. The van der Waals surface area contributed by atoms with Crippen molar-refractivity contribution in [1.29, 1.82) is 0 Å². The molecule has 2 N–H and O–H groups in total. The summed E-state index contributed by atoms with van der Waals surface area (Å²) in [6.07, 6.45) is 0. The number of halogens is 1. The number of carbonyl (C=O) groups is 3. The molecule has 3 aromatic rings. The number of hydrogen-bond donors (Lipinski definition) is 2. The van der Waals surface area contributed by atoms with Crippen LogP contribution in [0.5, 0.6) is 11.5 Å². The van der Waals surface area contributed by atoms with E-state index in [9.17, 15) is 14.4 Å². The van der Waals surface area contributed by atoms with Gasteiger partial charge in [0.15, 0.2) is 6.61 Å². The summed E-state index contributed by atoms with van der Waals surface area (Å²) < 4.78 is 10.4. The molecule has 0 fully saturated rings. The number of rotatable bonds is 8. The third-order valence-corrected chi connectivity index (χ3v) is 4.46. The summed E-state index contributed by atoms with van der Waals surface area (Å²) in [5.41, 5.74) is 1.75. The highest BCUT2D eigenvalue weighted by atomic mass is 35.5. The molecule has 0 aromatic heterocycles. The van der Waals surface area contributed by atoms with Crippen LogP contribution in [0.3, 0.4) is 0 Å². The van der Waals surface area contributed by atoms with Crippen molar-refractivity contribution < 1.29 is 23.9 Å². The first kappa shape index (κ1) is 22.8. The quantitative estimate of drug-likeness (QED) is 0.394. The van der Waals surface area contributed by atoms with Gasteiger partial charge in [-0.3, -0.25) is 14.4 Å². The van der Waals surface area contributed by atoms with Crippen molar-refractivity contribution in [2.24, 2.45) is 0 Å². The molecule has 0 bridgehead atoms. The van der Waals surface area contributed by atoms with Crippen molar-refractivity contribution in [1.82, 2.24) is 5.32 Å². The zero-order valence-corrected chi connectivity index (χ0v) is 18.0. The van der Waals surface area contributed by atoms with E-state index in [0.717, 1.165) is 5.56 Å². The Morgan fingerprint density at radius 1 is 0.906 bits per heavy atom. The van der Waals surface area contributed by atoms with E-state index in [1.807, 2.05) is 6.07 Å². The van der Waals surface area contributed by atoms with Gasteiger partial charge in [0.25, 0.3) is 11.8 Å². The van der Waals surface area contributed by atoms with E-state index in [0.29, 0.717) is 27.8 Å². The predicted molar refractivity (Wildman–Crippen MR) is 121 cm³/mol. The molecule has 0 atom stereocenters. The van der Waals surface area contributed by atoms with E-state index >= 15 is 0 Å². The molecule has 7 nitrogen and oxygen atoms in total. The van der Waals surface area contributed by atoms with Crippen molar-refractivity contribution in [3.63, 3.8) is 0 Å². The zero-order chi connectivity index (χ0) is 22.9. The van der Waals surface area contributed by atoms with Crippen molar-refractivity contribution in [2.75, 3.05) is 11.9 Å². The molecule has 164 valence electrons. The van der Waals surface area contributed by atoms with Gasteiger partial charge < -0.3 is 20.1 Å². The molecule has 0 spiro atoms. The monoisotopic (exact) mass is 452 g/mol. The van der Waals surface area contributed by atoms with E-state index in [1.54, 1.807) is 60.7 Å². The normalized spacial score (nSPS) is 10.2. The summed E-state index contributed by atoms with van der Waals surface area (Å²) in [4.78, 5) is 35.6. The Balaban J connectivity index is 1.52. The van der Waals surface area contributed by atoms with Gasteiger partial charge in [-0.25, -0.2) is 0 Å². The second kappa shape index (κ2) is 11.0. The van der Waals surface area contributed by atoms with Crippen LogP contribution in [0.25, 0.3) is 0 Å². The maximum atomic E-state index is 12.4. The van der Waals surface area contributed by atoms with Gasteiger partial charge in [0.1, 0.15) is 11.5 Å². The summed E-state index contributed by atoms with van der Waals surface area (Å²) >= 11 is 5.82. The standard InChI is InChI=1S/C24H21ClN2O5/c1-16(28)32-22-7-3-5-18(13-22)24(30)26-14-17-4-2-6-20(12-17)27-23(29)15-31-21-10-8-19(25)9-11-21/h2-13H,14-15H2,1H3,(H,26,30)(H,27,29). The predicted octanol–water partition coefficient (Wildman–Crippen LogP) is 4.21. The molecule has 3 rings (SSSR count). The van der Waals surface area contributed by atoms with Crippen molar-refractivity contribution in [3.05, 3.63) is 88.9 Å². The molecule has 0 aliphatic rings. The smallest absolute Gasteiger partial charge is 0.308 e. The molecule has 0 radical (unpaired) electrons. The SMILES string of the molecule is CC(=O)Oc1cccc(C(=O)NCc2cccc(NC(=O)COc3ccc(Cl)cc3)c2)c1. The van der Waals surface area contributed by atoms with E-state index in [4.69, 9.17) is 21.1 Å². The highest BCUT2D eigenvalue weighted by molar-refractivity contribution is 6.30. The third kappa shape index (κ3) is 7.14. The third-order valence-electron chi connectivity index (χ3n) is 4.21. The molecule has 2 amide bonds. The first-order chi connectivity index (χ1) is 15.4. The lowest BCUT2D eigenvalue weighted by molar-refractivity contribution is -0.131. The molecule has 0 saturated heterocycles. The summed E-state index contributed by atoms with van der Waals surface area (Å²) in [5.74, 6) is -0.248. The number of amides is 2. The molecule has 0 saturated carbocycles. The van der Waals surface area contributed by atoms with Crippen LogP contribution in [-0.2, 0) is 16.1 Å². The van der Waals surface area contributed by atoms with Crippen LogP contribution in [0.4, 0.5) is 5.69 Å². The largest absolute Gasteiger partial charge is 0.484 e. The summed E-state index contributed by atoms with van der Waals surface area (Å²) in [5, 5.41) is 6.14. The Kier molecular flexibility index (Phi) is 7.83. The van der Waals surface area contributed by atoms with Crippen molar-refractivity contribution >= 4 is 35.1 Å². The van der Waals surface area contributed by atoms with Gasteiger partial charge in [0.2, 0.25) is 0 Å². The molecule has 8 heteroatoms. The minimum atomic E-state index is -0.458. The maximum absolute atomic E-state index is 12.4. The number of anilines is 1. The molecule has 0 aliphatic heterocycles. The summed E-state index contributed by atoms with van der Waals surface area (Å²) in [6, 6.07) is 20.2. The molecule has 3 aromatic carbocycles. The Morgan fingerprint density at radius 2 is 1.66 bits per heavy atom. The van der Waals surface area contributed by atoms with Crippen LogP contribution < -0.4 is 20.1 Å². The fourth-order valence-corrected chi connectivity index (χ4v) is 2.91. The molecule has 0 unspecified atom stereocenters. The first-order valence-electron chi connectivity index (χ1n) is 9.73.